The Bertz CT molecular complexity index is 1360. The molecular formula is C27H28F3N5O. The Hall–Kier alpha value is -3.62. The van der Waals surface area contributed by atoms with Crippen LogP contribution in [-0.2, 0) is 17.5 Å². The summed E-state index contributed by atoms with van der Waals surface area (Å²) < 4.78 is 41.1. The van der Waals surface area contributed by atoms with Crippen LogP contribution in [0, 0.1) is 6.92 Å². The molecule has 6 nitrogen and oxygen atoms in total. The average molecular weight is 496 g/mol. The fourth-order valence-electron chi connectivity index (χ4n) is 5.16. The predicted octanol–water partition coefficient (Wildman–Crippen LogP) is 6.29. The molecule has 2 aromatic carbocycles. The standard InChI is InChI=1S/C27H28F3N5O/c1-18-32-22-7-2-3-8-23(22)34(18)16-6-10-25(36)35-15-5-4-9-24(35)26-21(17-31-33-26)19-11-13-20(14-12-19)27(28,29)30/h2-3,7-8,11-14,17,24H,4-6,9-10,15-16H2,1H3,(H,31,33)/t24-/m1/s1. The minimum absolute atomic E-state index is 0.0785. The molecule has 1 aliphatic rings. The zero-order valence-corrected chi connectivity index (χ0v) is 20.1. The van der Waals surface area contributed by atoms with E-state index in [0.29, 0.717) is 31.5 Å². The largest absolute Gasteiger partial charge is 0.416 e. The third-order valence-electron chi connectivity index (χ3n) is 6.97. The summed E-state index contributed by atoms with van der Waals surface area (Å²) in [5, 5.41) is 7.21. The summed E-state index contributed by atoms with van der Waals surface area (Å²) in [6.07, 6.45) is 1.03. The van der Waals surface area contributed by atoms with Gasteiger partial charge in [0, 0.05) is 25.1 Å². The lowest BCUT2D eigenvalue weighted by Gasteiger charge is -2.36. The van der Waals surface area contributed by atoms with Crippen LogP contribution in [0.2, 0.25) is 0 Å². The van der Waals surface area contributed by atoms with Crippen LogP contribution in [0.4, 0.5) is 13.2 Å². The van der Waals surface area contributed by atoms with E-state index in [4.69, 9.17) is 0 Å². The number of amides is 1. The van der Waals surface area contributed by atoms with Crippen LogP contribution in [0.25, 0.3) is 22.2 Å². The van der Waals surface area contributed by atoms with E-state index in [-0.39, 0.29) is 11.9 Å². The molecule has 1 atom stereocenters. The van der Waals surface area contributed by atoms with Gasteiger partial charge in [-0.2, -0.15) is 18.3 Å². The van der Waals surface area contributed by atoms with E-state index >= 15 is 0 Å². The van der Waals surface area contributed by atoms with Crippen LogP contribution in [-0.4, -0.2) is 37.1 Å². The molecule has 5 rings (SSSR count). The molecule has 0 saturated carbocycles. The predicted molar refractivity (Wildman–Crippen MR) is 131 cm³/mol. The zero-order valence-electron chi connectivity index (χ0n) is 20.1. The number of carbonyl (C=O) groups excluding carboxylic acids is 1. The molecule has 1 N–H and O–H groups in total. The molecular weight excluding hydrogens is 467 g/mol. The highest BCUT2D eigenvalue weighted by Gasteiger charge is 2.32. The van der Waals surface area contributed by atoms with Crippen LogP contribution in [0.15, 0.2) is 54.7 Å². The molecule has 0 bridgehead atoms. The molecule has 0 radical (unpaired) electrons. The number of aromatic amines is 1. The van der Waals surface area contributed by atoms with Crippen LogP contribution in [0.1, 0.15) is 55.2 Å². The molecule has 36 heavy (non-hydrogen) atoms. The van der Waals surface area contributed by atoms with Crippen molar-refractivity contribution < 1.29 is 18.0 Å². The van der Waals surface area contributed by atoms with E-state index < -0.39 is 11.7 Å². The number of carbonyl (C=O) groups is 1. The molecule has 1 saturated heterocycles. The SMILES string of the molecule is Cc1nc2ccccc2n1CCCC(=O)N1CCCC[C@@H]1c1[nH]ncc1-c1ccc(C(F)(F)F)cc1. The molecule has 9 heteroatoms. The Morgan fingerprint density at radius 1 is 1.11 bits per heavy atom. The maximum Gasteiger partial charge on any atom is 0.416 e. The number of para-hydroxylation sites is 2. The van der Waals surface area contributed by atoms with Gasteiger partial charge in [-0.3, -0.25) is 9.89 Å². The highest BCUT2D eigenvalue weighted by atomic mass is 19.4. The van der Waals surface area contributed by atoms with Crippen LogP contribution in [0.5, 0.6) is 0 Å². The zero-order chi connectivity index (χ0) is 25.3. The Labute approximate surface area is 207 Å². The monoisotopic (exact) mass is 495 g/mol. The number of imidazole rings is 1. The van der Waals surface area contributed by atoms with E-state index in [9.17, 15) is 18.0 Å². The number of halogens is 3. The van der Waals surface area contributed by atoms with E-state index in [2.05, 4.69) is 19.7 Å². The summed E-state index contributed by atoms with van der Waals surface area (Å²) in [5.41, 5.74) is 3.48. The molecule has 1 amide bonds. The van der Waals surface area contributed by atoms with Gasteiger partial charge in [-0.1, -0.05) is 24.3 Å². The quantitative estimate of drug-likeness (QED) is 0.342. The molecule has 0 unspecified atom stereocenters. The molecule has 1 fully saturated rings. The van der Waals surface area contributed by atoms with Gasteiger partial charge >= 0.3 is 6.18 Å². The number of aromatic nitrogens is 4. The number of nitrogens with zero attached hydrogens (tertiary/aromatic N) is 4. The van der Waals surface area contributed by atoms with Gasteiger partial charge in [0.2, 0.25) is 5.91 Å². The first-order chi connectivity index (χ1) is 17.3. The van der Waals surface area contributed by atoms with Gasteiger partial charge in [0.05, 0.1) is 34.5 Å². The summed E-state index contributed by atoms with van der Waals surface area (Å²) >= 11 is 0. The number of aryl methyl sites for hydroxylation is 2. The molecule has 3 heterocycles. The first kappa shape index (κ1) is 24.1. The molecule has 0 aliphatic carbocycles. The number of hydrogen-bond acceptors (Lipinski definition) is 3. The van der Waals surface area contributed by atoms with Crippen molar-refractivity contribution in [2.45, 2.75) is 57.8 Å². The van der Waals surface area contributed by atoms with Gasteiger partial charge in [-0.15, -0.1) is 0 Å². The Morgan fingerprint density at radius 3 is 2.67 bits per heavy atom. The number of piperidine rings is 1. The normalized spacial score (nSPS) is 16.6. The van der Waals surface area contributed by atoms with Crippen molar-refractivity contribution in [3.63, 3.8) is 0 Å². The summed E-state index contributed by atoms with van der Waals surface area (Å²) in [6.45, 7) is 3.34. The van der Waals surface area contributed by atoms with Crippen molar-refractivity contribution in [2.75, 3.05) is 6.54 Å². The van der Waals surface area contributed by atoms with Crippen molar-refractivity contribution in [2.24, 2.45) is 0 Å². The van der Waals surface area contributed by atoms with Gasteiger partial charge in [-0.05, 0) is 62.4 Å². The Balaban J connectivity index is 1.30. The minimum Gasteiger partial charge on any atom is -0.334 e. The van der Waals surface area contributed by atoms with E-state index in [0.717, 1.165) is 59.5 Å². The topological polar surface area (TPSA) is 66.8 Å². The smallest absolute Gasteiger partial charge is 0.334 e. The number of fused-ring (bicyclic) bond motifs is 1. The van der Waals surface area contributed by atoms with Crippen molar-refractivity contribution in [1.82, 2.24) is 24.6 Å². The summed E-state index contributed by atoms with van der Waals surface area (Å²) in [7, 11) is 0. The number of H-pyrrole nitrogens is 1. The second-order valence-corrected chi connectivity index (χ2v) is 9.27. The van der Waals surface area contributed by atoms with E-state index in [1.165, 1.54) is 12.1 Å². The van der Waals surface area contributed by atoms with Crippen molar-refractivity contribution in [3.8, 4) is 11.1 Å². The van der Waals surface area contributed by atoms with Crippen molar-refractivity contribution in [1.29, 1.82) is 0 Å². The second-order valence-electron chi connectivity index (χ2n) is 9.27. The number of likely N-dealkylation sites (tertiary alicyclic amines) is 1. The van der Waals surface area contributed by atoms with Gasteiger partial charge < -0.3 is 9.47 Å². The van der Waals surface area contributed by atoms with Gasteiger partial charge in [0.1, 0.15) is 5.82 Å². The van der Waals surface area contributed by atoms with Gasteiger partial charge in [0.25, 0.3) is 0 Å². The molecule has 1 aliphatic heterocycles. The third kappa shape index (κ3) is 4.74. The molecule has 0 spiro atoms. The summed E-state index contributed by atoms with van der Waals surface area (Å²) in [5.74, 6) is 1.01. The van der Waals surface area contributed by atoms with E-state index in [1.807, 2.05) is 36.1 Å². The first-order valence-corrected chi connectivity index (χ1v) is 12.2. The number of benzene rings is 2. The second kappa shape index (κ2) is 9.79. The van der Waals surface area contributed by atoms with Crippen LogP contribution in [0.3, 0.4) is 0 Å². The van der Waals surface area contributed by atoms with E-state index in [1.54, 1.807) is 6.20 Å². The van der Waals surface area contributed by atoms with Crippen LogP contribution >= 0.6 is 0 Å². The number of nitrogens with one attached hydrogen (secondary N) is 1. The number of hydrogen-bond donors (Lipinski definition) is 1. The highest BCUT2D eigenvalue weighted by Crippen LogP contribution is 2.37. The molecule has 2 aromatic heterocycles. The average Bonchev–Trinajstić information content (AvgIpc) is 3.48. The maximum atomic E-state index is 13.3. The lowest BCUT2D eigenvalue weighted by atomic mass is 9.94. The van der Waals surface area contributed by atoms with Gasteiger partial charge in [-0.25, -0.2) is 4.98 Å². The Morgan fingerprint density at radius 2 is 1.89 bits per heavy atom. The lowest BCUT2D eigenvalue weighted by molar-refractivity contribution is -0.137. The van der Waals surface area contributed by atoms with Crippen molar-refractivity contribution >= 4 is 16.9 Å². The minimum atomic E-state index is -4.38. The third-order valence-corrected chi connectivity index (χ3v) is 6.97. The maximum absolute atomic E-state index is 13.3. The molecule has 188 valence electrons. The highest BCUT2D eigenvalue weighted by molar-refractivity contribution is 5.78. The fraction of sp³-hybridized carbons (Fsp3) is 0.370. The number of rotatable bonds is 6. The van der Waals surface area contributed by atoms with Crippen molar-refractivity contribution in [3.05, 3.63) is 71.8 Å². The van der Waals surface area contributed by atoms with Gasteiger partial charge in [0.15, 0.2) is 0 Å². The number of alkyl halides is 3. The van der Waals surface area contributed by atoms with Crippen LogP contribution < -0.4 is 0 Å². The fourth-order valence-corrected chi connectivity index (χ4v) is 5.16. The molecule has 4 aromatic rings. The summed E-state index contributed by atoms with van der Waals surface area (Å²) in [6, 6.07) is 12.9. The Kier molecular flexibility index (Phi) is 6.55. The summed E-state index contributed by atoms with van der Waals surface area (Å²) in [4.78, 5) is 19.8. The first-order valence-electron chi connectivity index (χ1n) is 12.2. The lowest BCUT2D eigenvalue weighted by Crippen LogP contribution is -2.38.